The fraction of sp³-hybridized carbons (Fsp3) is 1.00. The molecule has 1 saturated heterocycles. The van der Waals surface area contributed by atoms with Crippen molar-refractivity contribution in [3.63, 3.8) is 0 Å². The number of ether oxygens (including phenoxy) is 2. The van der Waals surface area contributed by atoms with Crippen LogP contribution in [0.3, 0.4) is 0 Å². The van der Waals surface area contributed by atoms with Gasteiger partial charge in [0.25, 0.3) is 0 Å². The zero-order valence-electron chi connectivity index (χ0n) is 13.9. The summed E-state index contributed by atoms with van der Waals surface area (Å²) in [6.45, 7) is 11.9. The van der Waals surface area contributed by atoms with Crippen molar-refractivity contribution in [2.75, 3.05) is 47.0 Å². The molecule has 2 unspecified atom stereocenters. The van der Waals surface area contributed by atoms with Crippen molar-refractivity contribution in [3.05, 3.63) is 0 Å². The Kier molecular flexibility index (Phi) is 6.41. The van der Waals surface area contributed by atoms with Crippen LogP contribution in [0.1, 0.15) is 27.7 Å². The number of hydrogen-bond donors (Lipinski definition) is 2. The molecule has 2 N–H and O–H groups in total. The molecule has 0 aromatic carbocycles. The van der Waals surface area contributed by atoms with E-state index < -0.39 is 0 Å². The van der Waals surface area contributed by atoms with Gasteiger partial charge in [-0.05, 0) is 34.7 Å². The Balaban J connectivity index is 2.79. The Morgan fingerprint density at radius 1 is 1.20 bits per heavy atom. The zero-order valence-corrected chi connectivity index (χ0v) is 13.9. The SMILES string of the molecule is CNC1C(CN(CCO)CCOC)C(C)(C)OC1(C)C. The Labute approximate surface area is 123 Å². The first-order valence-corrected chi connectivity index (χ1v) is 7.48. The van der Waals surface area contributed by atoms with Gasteiger partial charge in [-0.15, -0.1) is 0 Å². The summed E-state index contributed by atoms with van der Waals surface area (Å²) < 4.78 is 11.4. The van der Waals surface area contributed by atoms with E-state index in [1.165, 1.54) is 0 Å². The number of aliphatic hydroxyl groups excluding tert-OH is 1. The largest absolute Gasteiger partial charge is 0.395 e. The third-order valence-electron chi connectivity index (χ3n) is 4.36. The Morgan fingerprint density at radius 2 is 1.85 bits per heavy atom. The minimum atomic E-state index is -0.185. The van der Waals surface area contributed by atoms with Crippen LogP contribution in [0.15, 0.2) is 0 Å². The second-order valence-corrected chi connectivity index (χ2v) is 6.70. The number of nitrogens with one attached hydrogen (secondary N) is 1. The van der Waals surface area contributed by atoms with Crippen LogP contribution < -0.4 is 5.32 Å². The number of nitrogens with zero attached hydrogens (tertiary/aromatic N) is 1. The second-order valence-electron chi connectivity index (χ2n) is 6.70. The molecular formula is C15H32N2O3. The van der Waals surface area contributed by atoms with E-state index in [-0.39, 0.29) is 17.8 Å². The molecule has 120 valence electrons. The Hall–Kier alpha value is -0.200. The maximum atomic E-state index is 9.24. The summed E-state index contributed by atoms with van der Waals surface area (Å²) in [5.74, 6) is 0.367. The number of rotatable bonds is 8. The number of aliphatic hydroxyl groups is 1. The molecule has 0 aromatic rings. The monoisotopic (exact) mass is 288 g/mol. The van der Waals surface area contributed by atoms with Crippen LogP contribution in [0, 0.1) is 5.92 Å². The third kappa shape index (κ3) is 4.15. The molecule has 5 heteroatoms. The molecule has 20 heavy (non-hydrogen) atoms. The molecule has 1 heterocycles. The molecule has 0 amide bonds. The first-order chi connectivity index (χ1) is 9.28. The number of methoxy groups -OCH3 is 1. The molecule has 0 bridgehead atoms. The summed E-state index contributed by atoms with van der Waals surface area (Å²) in [7, 11) is 3.70. The van der Waals surface area contributed by atoms with E-state index >= 15 is 0 Å². The van der Waals surface area contributed by atoms with E-state index in [1.807, 2.05) is 7.05 Å². The smallest absolute Gasteiger partial charge is 0.0790 e. The first kappa shape index (κ1) is 17.9. The van der Waals surface area contributed by atoms with E-state index in [0.717, 1.165) is 13.1 Å². The standard InChI is InChI=1S/C15H32N2O3/c1-14(2)12(13(16-5)15(3,4)20-14)11-17(7-9-18)8-10-19-6/h12-13,16,18H,7-11H2,1-6H3. The predicted molar refractivity (Wildman–Crippen MR) is 81.0 cm³/mol. The second kappa shape index (κ2) is 7.18. The summed E-state index contributed by atoms with van der Waals surface area (Å²) in [4.78, 5) is 2.25. The molecule has 0 radical (unpaired) electrons. The van der Waals surface area contributed by atoms with Crippen molar-refractivity contribution in [2.24, 2.45) is 5.92 Å². The normalized spacial score (nSPS) is 28.2. The molecular weight excluding hydrogens is 256 g/mol. The average Bonchev–Trinajstić information content (AvgIpc) is 2.51. The van der Waals surface area contributed by atoms with Crippen LogP contribution in [-0.2, 0) is 9.47 Å². The van der Waals surface area contributed by atoms with E-state index in [0.29, 0.717) is 25.1 Å². The maximum absolute atomic E-state index is 9.24. The molecule has 1 rings (SSSR count). The van der Waals surface area contributed by atoms with Gasteiger partial charge in [0.2, 0.25) is 0 Å². The van der Waals surface area contributed by atoms with Crippen molar-refractivity contribution in [3.8, 4) is 0 Å². The van der Waals surface area contributed by atoms with Crippen LogP contribution in [-0.4, -0.2) is 74.3 Å². The van der Waals surface area contributed by atoms with Crippen molar-refractivity contribution >= 4 is 0 Å². The van der Waals surface area contributed by atoms with E-state index in [9.17, 15) is 5.11 Å². The molecule has 0 aromatic heterocycles. The van der Waals surface area contributed by atoms with Gasteiger partial charge in [0, 0.05) is 38.7 Å². The quantitative estimate of drug-likeness (QED) is 0.689. The highest BCUT2D eigenvalue weighted by molar-refractivity contribution is 5.05. The molecule has 0 aliphatic carbocycles. The lowest BCUT2D eigenvalue weighted by Crippen LogP contribution is -2.50. The lowest BCUT2D eigenvalue weighted by Gasteiger charge is -2.34. The molecule has 2 atom stereocenters. The van der Waals surface area contributed by atoms with Gasteiger partial charge in [-0.1, -0.05) is 0 Å². The van der Waals surface area contributed by atoms with Crippen molar-refractivity contribution in [1.29, 1.82) is 0 Å². The lowest BCUT2D eigenvalue weighted by atomic mass is 9.82. The van der Waals surface area contributed by atoms with Crippen molar-refractivity contribution in [1.82, 2.24) is 10.2 Å². The van der Waals surface area contributed by atoms with Gasteiger partial charge in [-0.2, -0.15) is 0 Å². The highest BCUT2D eigenvalue weighted by atomic mass is 16.5. The fourth-order valence-corrected chi connectivity index (χ4v) is 3.51. The van der Waals surface area contributed by atoms with Crippen LogP contribution in [0.2, 0.25) is 0 Å². The lowest BCUT2D eigenvalue weighted by molar-refractivity contribution is -0.0798. The van der Waals surface area contributed by atoms with Crippen LogP contribution in [0.4, 0.5) is 0 Å². The van der Waals surface area contributed by atoms with Gasteiger partial charge in [-0.3, -0.25) is 4.90 Å². The maximum Gasteiger partial charge on any atom is 0.0790 e. The van der Waals surface area contributed by atoms with Gasteiger partial charge in [-0.25, -0.2) is 0 Å². The summed E-state index contributed by atoms with van der Waals surface area (Å²) in [5, 5.41) is 12.7. The average molecular weight is 288 g/mol. The minimum absolute atomic E-state index is 0.172. The van der Waals surface area contributed by atoms with Crippen molar-refractivity contribution < 1.29 is 14.6 Å². The highest BCUT2D eigenvalue weighted by Crippen LogP contribution is 2.42. The zero-order chi connectivity index (χ0) is 15.4. The van der Waals surface area contributed by atoms with Crippen LogP contribution in [0.5, 0.6) is 0 Å². The third-order valence-corrected chi connectivity index (χ3v) is 4.36. The number of likely N-dealkylation sites (N-methyl/N-ethyl adjacent to an activating group) is 1. The summed E-state index contributed by atoms with van der Waals surface area (Å²) in [6.07, 6.45) is 0. The Morgan fingerprint density at radius 3 is 2.35 bits per heavy atom. The van der Waals surface area contributed by atoms with Gasteiger partial charge < -0.3 is 19.9 Å². The molecule has 0 saturated carbocycles. The summed E-state index contributed by atoms with van der Waals surface area (Å²) in [6, 6.07) is 0.293. The molecule has 1 aliphatic heterocycles. The topological polar surface area (TPSA) is 54.0 Å². The minimum Gasteiger partial charge on any atom is -0.395 e. The van der Waals surface area contributed by atoms with E-state index in [4.69, 9.17) is 9.47 Å². The van der Waals surface area contributed by atoms with Gasteiger partial charge >= 0.3 is 0 Å². The number of hydrogen-bond acceptors (Lipinski definition) is 5. The van der Waals surface area contributed by atoms with E-state index in [1.54, 1.807) is 7.11 Å². The summed E-state index contributed by atoms with van der Waals surface area (Å²) >= 11 is 0. The van der Waals surface area contributed by atoms with Crippen molar-refractivity contribution in [2.45, 2.75) is 44.9 Å². The first-order valence-electron chi connectivity index (χ1n) is 7.48. The van der Waals surface area contributed by atoms with E-state index in [2.05, 4.69) is 37.9 Å². The van der Waals surface area contributed by atoms with Gasteiger partial charge in [0.05, 0.1) is 24.4 Å². The fourth-order valence-electron chi connectivity index (χ4n) is 3.51. The van der Waals surface area contributed by atoms with Gasteiger partial charge in [0.15, 0.2) is 0 Å². The van der Waals surface area contributed by atoms with Crippen LogP contribution in [0.25, 0.3) is 0 Å². The molecule has 1 fully saturated rings. The summed E-state index contributed by atoms with van der Waals surface area (Å²) in [5.41, 5.74) is -0.368. The van der Waals surface area contributed by atoms with Crippen LogP contribution >= 0.6 is 0 Å². The highest BCUT2D eigenvalue weighted by Gasteiger charge is 2.53. The molecule has 0 spiro atoms. The molecule has 1 aliphatic rings. The molecule has 5 nitrogen and oxygen atoms in total. The Bertz CT molecular complexity index is 295. The predicted octanol–water partition coefficient (Wildman–Crippen LogP) is 0.719. The van der Waals surface area contributed by atoms with Gasteiger partial charge in [0.1, 0.15) is 0 Å².